The minimum Gasteiger partial charge on any atom is -0.283 e. The Morgan fingerprint density at radius 1 is 1.10 bits per heavy atom. The van der Waals surface area contributed by atoms with Gasteiger partial charge in [0.15, 0.2) is 0 Å². The number of hydrogen-bond donors (Lipinski definition) is 1. The molecule has 2 aromatic rings. The summed E-state index contributed by atoms with van der Waals surface area (Å²) in [4.78, 5) is 13.4. The number of anilines is 1. The van der Waals surface area contributed by atoms with Crippen LogP contribution in [0.5, 0.6) is 0 Å². The lowest BCUT2D eigenvalue weighted by molar-refractivity contribution is -0.138. The fourth-order valence-electron chi connectivity index (χ4n) is 4.41. The van der Waals surface area contributed by atoms with Crippen molar-refractivity contribution in [2.45, 2.75) is 44.6 Å². The van der Waals surface area contributed by atoms with Crippen molar-refractivity contribution in [1.29, 1.82) is 0 Å². The van der Waals surface area contributed by atoms with E-state index in [0.29, 0.717) is 28.9 Å². The molecule has 1 aliphatic heterocycles. The van der Waals surface area contributed by atoms with Crippen LogP contribution in [0.2, 0.25) is 0 Å². The van der Waals surface area contributed by atoms with Crippen molar-refractivity contribution < 1.29 is 17.6 Å². The zero-order chi connectivity index (χ0) is 22.0. The van der Waals surface area contributed by atoms with Crippen molar-refractivity contribution in [2.24, 2.45) is 11.0 Å². The van der Waals surface area contributed by atoms with Gasteiger partial charge in [0.1, 0.15) is 5.82 Å². The molecular formula is C23H26FN3O3S. The van der Waals surface area contributed by atoms with Gasteiger partial charge in [-0.3, -0.25) is 9.52 Å². The third-order valence-electron chi connectivity index (χ3n) is 5.86. The summed E-state index contributed by atoms with van der Waals surface area (Å²) in [5.41, 5.74) is 2.31. The van der Waals surface area contributed by atoms with E-state index in [9.17, 15) is 17.6 Å². The highest BCUT2D eigenvalue weighted by Crippen LogP contribution is 2.37. The van der Waals surface area contributed by atoms with Gasteiger partial charge < -0.3 is 0 Å². The van der Waals surface area contributed by atoms with Gasteiger partial charge in [-0.05, 0) is 36.6 Å². The Hall–Kier alpha value is -2.74. The zero-order valence-electron chi connectivity index (χ0n) is 17.4. The fraction of sp³-hybridized carbons (Fsp3) is 0.391. The van der Waals surface area contributed by atoms with Gasteiger partial charge in [0.05, 0.1) is 23.7 Å². The second-order valence-electron chi connectivity index (χ2n) is 8.26. The van der Waals surface area contributed by atoms with E-state index in [2.05, 4.69) is 9.82 Å². The number of benzene rings is 2. The average Bonchev–Trinajstić information content (AvgIpc) is 3.18. The minimum atomic E-state index is -3.48. The number of halogens is 1. The summed E-state index contributed by atoms with van der Waals surface area (Å²) in [6.07, 6.45) is 6.32. The maximum Gasteiger partial charge on any atom is 0.246 e. The molecule has 8 heteroatoms. The molecule has 0 bridgehead atoms. The number of carbonyl (C=O) groups is 1. The van der Waals surface area contributed by atoms with Crippen LogP contribution in [0.25, 0.3) is 0 Å². The number of hydrazone groups is 1. The van der Waals surface area contributed by atoms with Gasteiger partial charge >= 0.3 is 0 Å². The van der Waals surface area contributed by atoms with E-state index >= 15 is 0 Å². The van der Waals surface area contributed by atoms with Crippen molar-refractivity contribution >= 4 is 27.3 Å². The number of rotatable bonds is 5. The van der Waals surface area contributed by atoms with Crippen molar-refractivity contribution in [2.75, 3.05) is 11.0 Å². The zero-order valence-corrected chi connectivity index (χ0v) is 18.2. The summed E-state index contributed by atoms with van der Waals surface area (Å²) in [7, 11) is -3.48. The molecule has 164 valence electrons. The summed E-state index contributed by atoms with van der Waals surface area (Å²) in [5, 5.41) is 6.15. The number of nitrogens with one attached hydrogen (secondary N) is 1. The first kappa shape index (κ1) is 21.5. The fourth-order valence-corrected chi connectivity index (χ4v) is 4.99. The highest BCUT2D eigenvalue weighted by atomic mass is 32.2. The highest BCUT2D eigenvalue weighted by molar-refractivity contribution is 7.92. The molecule has 1 fully saturated rings. The highest BCUT2D eigenvalue weighted by Gasteiger charge is 2.37. The normalized spacial score (nSPS) is 19.9. The van der Waals surface area contributed by atoms with Gasteiger partial charge in [0.25, 0.3) is 0 Å². The van der Waals surface area contributed by atoms with Crippen LogP contribution in [0, 0.1) is 11.7 Å². The van der Waals surface area contributed by atoms with E-state index in [1.54, 1.807) is 36.4 Å². The topological polar surface area (TPSA) is 78.8 Å². The van der Waals surface area contributed by atoms with Crippen molar-refractivity contribution in [3.8, 4) is 0 Å². The molecule has 6 nitrogen and oxygen atoms in total. The Labute approximate surface area is 182 Å². The first-order valence-electron chi connectivity index (χ1n) is 10.5. The Bertz CT molecular complexity index is 1110. The lowest BCUT2D eigenvalue weighted by Crippen LogP contribution is -2.34. The van der Waals surface area contributed by atoms with Crippen LogP contribution in [-0.2, 0) is 14.8 Å². The van der Waals surface area contributed by atoms with Gasteiger partial charge in [-0.25, -0.2) is 17.8 Å². The van der Waals surface area contributed by atoms with Crippen LogP contribution in [0.15, 0.2) is 53.6 Å². The van der Waals surface area contributed by atoms with Crippen molar-refractivity contribution in [1.82, 2.24) is 5.01 Å². The largest absolute Gasteiger partial charge is 0.283 e. The second-order valence-corrected chi connectivity index (χ2v) is 10.0. The molecule has 2 aliphatic rings. The number of hydrogen-bond acceptors (Lipinski definition) is 4. The molecule has 1 amide bonds. The SMILES string of the molecule is CS(=O)(=O)Nc1ccccc1C1=NN(C(=O)C2CCCCC2)[C@H](c2cccc(F)c2)C1. The van der Waals surface area contributed by atoms with Gasteiger partial charge in [-0.2, -0.15) is 5.10 Å². The number of amides is 1. The predicted octanol–water partition coefficient (Wildman–Crippen LogP) is 4.46. The number of nitrogens with zero attached hydrogens (tertiary/aromatic N) is 2. The van der Waals surface area contributed by atoms with E-state index < -0.39 is 16.1 Å². The number of para-hydroxylation sites is 1. The molecule has 1 aliphatic carbocycles. The smallest absolute Gasteiger partial charge is 0.246 e. The van der Waals surface area contributed by atoms with E-state index in [1.807, 2.05) is 0 Å². The summed E-state index contributed by atoms with van der Waals surface area (Å²) in [5.74, 6) is -0.495. The van der Waals surface area contributed by atoms with Crippen LogP contribution in [0.1, 0.15) is 55.7 Å². The molecule has 1 atom stereocenters. The van der Waals surface area contributed by atoms with Crippen molar-refractivity contribution in [3.63, 3.8) is 0 Å². The van der Waals surface area contributed by atoms with Gasteiger partial charge in [0, 0.05) is 17.9 Å². The summed E-state index contributed by atoms with van der Waals surface area (Å²) >= 11 is 0. The molecule has 0 aromatic heterocycles. The molecule has 1 saturated carbocycles. The predicted molar refractivity (Wildman–Crippen MR) is 119 cm³/mol. The Kier molecular flexibility index (Phi) is 6.09. The standard InChI is InChI=1S/C23H26FN3O3S/c1-31(29,30)26-20-13-6-5-12-19(20)21-15-22(17-10-7-11-18(24)14-17)27(25-21)23(28)16-8-3-2-4-9-16/h5-7,10-14,16,22,26H,2-4,8-9,15H2,1H3/t22-/m0/s1. The maximum absolute atomic E-state index is 14.0. The Morgan fingerprint density at radius 2 is 1.84 bits per heavy atom. The lowest BCUT2D eigenvalue weighted by atomic mass is 9.88. The maximum atomic E-state index is 14.0. The van der Waals surface area contributed by atoms with Crippen LogP contribution in [0.3, 0.4) is 0 Å². The molecule has 0 saturated heterocycles. The molecule has 0 unspecified atom stereocenters. The lowest BCUT2D eigenvalue weighted by Gasteiger charge is -2.28. The number of sulfonamides is 1. The minimum absolute atomic E-state index is 0.0440. The van der Waals surface area contributed by atoms with Crippen LogP contribution in [-0.4, -0.2) is 31.3 Å². The molecule has 0 radical (unpaired) electrons. The van der Waals surface area contributed by atoms with Gasteiger partial charge in [-0.15, -0.1) is 0 Å². The Morgan fingerprint density at radius 3 is 2.55 bits per heavy atom. The van der Waals surface area contributed by atoms with E-state index in [-0.39, 0.29) is 17.6 Å². The van der Waals surface area contributed by atoms with Crippen LogP contribution < -0.4 is 4.72 Å². The van der Waals surface area contributed by atoms with Crippen LogP contribution in [0.4, 0.5) is 10.1 Å². The monoisotopic (exact) mass is 443 g/mol. The third-order valence-corrected chi connectivity index (χ3v) is 6.45. The summed E-state index contributed by atoms with van der Waals surface area (Å²) in [6.45, 7) is 0. The molecule has 1 heterocycles. The summed E-state index contributed by atoms with van der Waals surface area (Å²) in [6, 6.07) is 12.8. The van der Waals surface area contributed by atoms with Crippen molar-refractivity contribution in [3.05, 3.63) is 65.5 Å². The summed E-state index contributed by atoms with van der Waals surface area (Å²) < 4.78 is 40.1. The quantitative estimate of drug-likeness (QED) is 0.741. The van der Waals surface area contributed by atoms with Gasteiger partial charge in [0.2, 0.25) is 15.9 Å². The Balaban J connectivity index is 1.72. The second kappa shape index (κ2) is 8.78. The first-order chi connectivity index (χ1) is 14.8. The van der Waals surface area contributed by atoms with Crippen LogP contribution >= 0.6 is 0 Å². The van der Waals surface area contributed by atoms with Gasteiger partial charge in [-0.1, -0.05) is 49.6 Å². The third kappa shape index (κ3) is 4.95. The van der Waals surface area contributed by atoms with E-state index in [1.165, 1.54) is 17.1 Å². The molecule has 2 aromatic carbocycles. The molecule has 0 spiro atoms. The molecule has 31 heavy (non-hydrogen) atoms. The molecular weight excluding hydrogens is 417 g/mol. The molecule has 4 rings (SSSR count). The van der Waals surface area contributed by atoms with E-state index in [0.717, 1.165) is 38.4 Å². The number of carbonyl (C=O) groups excluding carboxylic acids is 1. The van der Waals surface area contributed by atoms with E-state index in [4.69, 9.17) is 0 Å². The first-order valence-corrected chi connectivity index (χ1v) is 12.4. The molecule has 1 N–H and O–H groups in total. The average molecular weight is 444 g/mol.